The molecule has 80 valence electrons. The number of rotatable bonds is 2. The Morgan fingerprint density at radius 1 is 1.27 bits per heavy atom. The fourth-order valence-electron chi connectivity index (χ4n) is 1.78. The third-order valence-electron chi connectivity index (χ3n) is 2.65. The Hall–Kier alpha value is -1.28. The lowest BCUT2D eigenvalue weighted by molar-refractivity contribution is -0.213. The molecule has 0 spiro atoms. The van der Waals surface area contributed by atoms with Crippen LogP contribution in [0.4, 0.5) is 0 Å². The van der Waals surface area contributed by atoms with E-state index >= 15 is 0 Å². The highest BCUT2D eigenvalue weighted by Gasteiger charge is 2.33. The zero-order chi connectivity index (χ0) is 10.6. The second-order valence-electron chi connectivity index (χ2n) is 3.60. The summed E-state index contributed by atoms with van der Waals surface area (Å²) in [5, 5.41) is 0. The second-order valence-corrected chi connectivity index (χ2v) is 3.60. The molecule has 15 heavy (non-hydrogen) atoms. The van der Waals surface area contributed by atoms with Crippen LogP contribution in [0.25, 0.3) is 0 Å². The number of hydrogen-bond donors (Lipinski definition) is 0. The van der Waals surface area contributed by atoms with Gasteiger partial charge in [0.15, 0.2) is 0 Å². The molecule has 0 N–H and O–H groups in total. The fraction of sp³-hybridized carbons (Fsp3) is 0.385. The van der Waals surface area contributed by atoms with Crippen molar-refractivity contribution in [1.29, 1.82) is 0 Å². The first-order chi connectivity index (χ1) is 7.37. The summed E-state index contributed by atoms with van der Waals surface area (Å²) in [7, 11) is 0. The van der Waals surface area contributed by atoms with Crippen molar-refractivity contribution in [3.8, 4) is 0 Å². The smallest absolute Gasteiger partial charge is 0.236 e. The van der Waals surface area contributed by atoms with Gasteiger partial charge in [-0.25, -0.2) is 0 Å². The Morgan fingerprint density at radius 2 is 2.07 bits per heavy atom. The Morgan fingerprint density at radius 3 is 2.80 bits per heavy atom. The monoisotopic (exact) mass is 204 g/mol. The average Bonchev–Trinajstić information content (AvgIpc) is 2.56. The Bertz CT molecular complexity index is 332. The van der Waals surface area contributed by atoms with Gasteiger partial charge in [-0.05, 0) is 12.5 Å². The zero-order valence-electron chi connectivity index (χ0n) is 8.98. The molecule has 1 aromatic rings. The van der Waals surface area contributed by atoms with Crippen LogP contribution in [0, 0.1) is 0 Å². The minimum absolute atomic E-state index is 0.589. The van der Waals surface area contributed by atoms with Crippen LogP contribution in [-0.4, -0.2) is 6.61 Å². The molecule has 1 aliphatic rings. The van der Waals surface area contributed by atoms with Crippen molar-refractivity contribution in [3.05, 3.63) is 48.2 Å². The van der Waals surface area contributed by atoms with E-state index in [1.54, 1.807) is 6.26 Å². The molecule has 0 amide bonds. The Labute approximate surface area is 90.5 Å². The lowest BCUT2D eigenvalue weighted by Gasteiger charge is -2.31. The van der Waals surface area contributed by atoms with Crippen LogP contribution in [0.15, 0.2) is 42.7 Å². The van der Waals surface area contributed by atoms with E-state index in [2.05, 4.69) is 6.92 Å². The standard InChI is InChI=1S/C13H16O2/c1-2-13(12-8-4-3-5-9-12)14-10-6-7-11-15-13/h3-6,8-10H,2,7,11H2,1H3. The van der Waals surface area contributed by atoms with Crippen LogP contribution in [0.3, 0.4) is 0 Å². The van der Waals surface area contributed by atoms with Crippen LogP contribution >= 0.6 is 0 Å². The number of benzene rings is 1. The summed E-state index contributed by atoms with van der Waals surface area (Å²) in [4.78, 5) is 0. The third kappa shape index (κ3) is 2.05. The van der Waals surface area contributed by atoms with Crippen LogP contribution in [0.5, 0.6) is 0 Å². The molecule has 2 nitrogen and oxygen atoms in total. The minimum atomic E-state index is -0.589. The molecule has 2 heteroatoms. The summed E-state index contributed by atoms with van der Waals surface area (Å²) in [5.74, 6) is -0.589. The van der Waals surface area contributed by atoms with Gasteiger partial charge in [0.1, 0.15) is 0 Å². The molecular formula is C13H16O2. The van der Waals surface area contributed by atoms with Gasteiger partial charge >= 0.3 is 0 Å². The summed E-state index contributed by atoms with van der Waals surface area (Å²) in [6.45, 7) is 2.78. The van der Waals surface area contributed by atoms with Crippen LogP contribution in [-0.2, 0) is 15.3 Å². The van der Waals surface area contributed by atoms with Gasteiger partial charge in [0, 0.05) is 12.0 Å². The first-order valence-corrected chi connectivity index (χ1v) is 5.40. The topological polar surface area (TPSA) is 18.5 Å². The highest BCUT2D eigenvalue weighted by molar-refractivity contribution is 5.20. The van der Waals surface area contributed by atoms with Gasteiger partial charge in [-0.1, -0.05) is 37.3 Å². The zero-order valence-corrected chi connectivity index (χ0v) is 8.98. The third-order valence-corrected chi connectivity index (χ3v) is 2.65. The van der Waals surface area contributed by atoms with Gasteiger partial charge in [0.25, 0.3) is 0 Å². The molecule has 0 fully saturated rings. The van der Waals surface area contributed by atoms with Crippen molar-refractivity contribution in [2.75, 3.05) is 6.61 Å². The van der Waals surface area contributed by atoms with Crippen molar-refractivity contribution in [1.82, 2.24) is 0 Å². The van der Waals surface area contributed by atoms with Crippen LogP contribution in [0.2, 0.25) is 0 Å². The lowest BCUT2D eigenvalue weighted by Crippen LogP contribution is -2.30. The molecule has 0 bridgehead atoms. The molecule has 0 saturated carbocycles. The molecule has 0 radical (unpaired) electrons. The second kappa shape index (κ2) is 4.49. The van der Waals surface area contributed by atoms with E-state index in [0.29, 0.717) is 6.61 Å². The summed E-state index contributed by atoms with van der Waals surface area (Å²) in [5.41, 5.74) is 1.08. The molecule has 0 aliphatic carbocycles. The highest BCUT2D eigenvalue weighted by Crippen LogP contribution is 2.32. The van der Waals surface area contributed by atoms with Crippen LogP contribution in [0.1, 0.15) is 25.3 Å². The minimum Gasteiger partial charge on any atom is -0.466 e. The summed E-state index contributed by atoms with van der Waals surface area (Å²) >= 11 is 0. The first kappa shape index (κ1) is 10.2. The van der Waals surface area contributed by atoms with E-state index in [1.807, 2.05) is 36.4 Å². The molecule has 1 unspecified atom stereocenters. The summed E-state index contributed by atoms with van der Waals surface area (Å²) < 4.78 is 11.6. The van der Waals surface area contributed by atoms with E-state index in [1.165, 1.54) is 0 Å². The van der Waals surface area contributed by atoms with Gasteiger partial charge in [0.2, 0.25) is 5.79 Å². The maximum atomic E-state index is 5.84. The predicted octanol–water partition coefficient (Wildman–Crippen LogP) is 3.20. The molecule has 1 atom stereocenters. The highest BCUT2D eigenvalue weighted by atomic mass is 16.7. The molecule has 1 aromatic carbocycles. The van der Waals surface area contributed by atoms with Crippen molar-refractivity contribution in [2.24, 2.45) is 0 Å². The normalized spacial score (nSPS) is 25.7. The van der Waals surface area contributed by atoms with Crippen molar-refractivity contribution >= 4 is 0 Å². The van der Waals surface area contributed by atoms with Gasteiger partial charge < -0.3 is 9.47 Å². The predicted molar refractivity (Wildman–Crippen MR) is 59.2 cm³/mol. The van der Waals surface area contributed by atoms with Gasteiger partial charge in [-0.3, -0.25) is 0 Å². The van der Waals surface area contributed by atoms with Crippen molar-refractivity contribution in [2.45, 2.75) is 25.6 Å². The van der Waals surface area contributed by atoms with E-state index in [9.17, 15) is 0 Å². The van der Waals surface area contributed by atoms with Crippen molar-refractivity contribution in [3.63, 3.8) is 0 Å². The maximum Gasteiger partial charge on any atom is 0.236 e. The van der Waals surface area contributed by atoms with E-state index in [0.717, 1.165) is 18.4 Å². The van der Waals surface area contributed by atoms with Gasteiger partial charge in [0.05, 0.1) is 12.9 Å². The maximum absolute atomic E-state index is 5.84. The number of hydrogen-bond acceptors (Lipinski definition) is 2. The largest absolute Gasteiger partial charge is 0.466 e. The molecule has 1 heterocycles. The van der Waals surface area contributed by atoms with Gasteiger partial charge in [-0.2, -0.15) is 0 Å². The Kier molecular flexibility index (Phi) is 3.07. The quantitative estimate of drug-likeness (QED) is 0.736. The molecule has 1 aliphatic heterocycles. The Balaban J connectivity index is 2.31. The first-order valence-electron chi connectivity index (χ1n) is 5.40. The van der Waals surface area contributed by atoms with Crippen molar-refractivity contribution < 1.29 is 9.47 Å². The average molecular weight is 204 g/mol. The summed E-state index contributed by atoms with van der Waals surface area (Å²) in [6, 6.07) is 10.1. The van der Waals surface area contributed by atoms with E-state index < -0.39 is 5.79 Å². The van der Waals surface area contributed by atoms with E-state index in [-0.39, 0.29) is 0 Å². The molecular weight excluding hydrogens is 188 g/mol. The molecule has 2 rings (SSSR count). The van der Waals surface area contributed by atoms with E-state index in [4.69, 9.17) is 9.47 Å². The fourth-order valence-corrected chi connectivity index (χ4v) is 1.78. The van der Waals surface area contributed by atoms with Gasteiger partial charge in [-0.15, -0.1) is 0 Å². The lowest BCUT2D eigenvalue weighted by atomic mass is 10.0. The molecule has 0 saturated heterocycles. The van der Waals surface area contributed by atoms with Crippen LogP contribution < -0.4 is 0 Å². The molecule has 0 aromatic heterocycles. The summed E-state index contributed by atoms with van der Waals surface area (Å²) in [6.07, 6.45) is 5.47. The SMILES string of the molecule is CCC1(c2ccccc2)OC=CCCO1. The number of ether oxygens (including phenoxy) is 2.